The molecule has 0 spiro atoms. The molecule has 2 N–H and O–H groups in total. The second kappa shape index (κ2) is 5.24. The molecule has 58 valence electrons. The van der Waals surface area contributed by atoms with Gasteiger partial charge in [-0.05, 0) is 12.8 Å². The normalized spacial score (nSPS) is 19.7. The molecule has 0 aromatic carbocycles. The van der Waals surface area contributed by atoms with Crippen LogP contribution in [0.1, 0.15) is 13.8 Å². The molecule has 0 aromatic heterocycles. The van der Waals surface area contributed by atoms with Gasteiger partial charge in [0.15, 0.2) is 0 Å². The van der Waals surface area contributed by atoms with Crippen molar-refractivity contribution in [3.63, 3.8) is 0 Å². The van der Waals surface area contributed by atoms with Gasteiger partial charge in [0.1, 0.15) is 0 Å². The number of hydrogen-bond acceptors (Lipinski definition) is 2. The molecule has 0 aliphatic carbocycles. The van der Waals surface area contributed by atoms with Gasteiger partial charge in [-0.3, -0.25) is 0 Å². The van der Waals surface area contributed by atoms with E-state index in [1.165, 1.54) is 0 Å². The number of rotatable bonds is 2. The third-order valence-corrected chi connectivity index (χ3v) is 1.37. The first-order valence-electron chi connectivity index (χ1n) is 2.75. The quantitative estimate of drug-likeness (QED) is 0.462. The van der Waals surface area contributed by atoms with Crippen LogP contribution in [-0.2, 0) is 17.1 Å². The van der Waals surface area contributed by atoms with E-state index in [2.05, 4.69) is 6.92 Å². The molecule has 0 aromatic rings. The van der Waals surface area contributed by atoms with Gasteiger partial charge in [0, 0.05) is 17.1 Å². The second-order valence-corrected chi connectivity index (χ2v) is 2.17. The molecular formula is C6H13FeO2-. The maximum Gasteiger partial charge on any atom is 0.0536 e. The van der Waals surface area contributed by atoms with Crippen LogP contribution in [0.5, 0.6) is 0 Å². The first kappa shape index (κ1) is 12.1. The van der Waals surface area contributed by atoms with E-state index in [-0.39, 0.29) is 23.0 Å². The van der Waals surface area contributed by atoms with Crippen molar-refractivity contribution >= 4 is 0 Å². The summed E-state index contributed by atoms with van der Waals surface area (Å²) in [7, 11) is 0. The summed E-state index contributed by atoms with van der Waals surface area (Å²) in [4.78, 5) is 0. The minimum absolute atomic E-state index is 0. The molecule has 0 saturated heterocycles. The second-order valence-electron chi connectivity index (χ2n) is 2.17. The Balaban J connectivity index is 0. The van der Waals surface area contributed by atoms with Gasteiger partial charge in [-0.2, -0.15) is 0 Å². The van der Waals surface area contributed by atoms with Crippen molar-refractivity contribution in [2.45, 2.75) is 26.1 Å². The van der Waals surface area contributed by atoms with E-state index in [1.54, 1.807) is 13.8 Å². The van der Waals surface area contributed by atoms with Crippen LogP contribution >= 0.6 is 0 Å². The van der Waals surface area contributed by atoms with Crippen LogP contribution < -0.4 is 0 Å². The summed E-state index contributed by atoms with van der Waals surface area (Å²) < 4.78 is 0. The first-order valence-corrected chi connectivity index (χ1v) is 2.75. The molecule has 0 fully saturated rings. The molecule has 0 aliphatic rings. The molecule has 0 aliphatic heterocycles. The van der Waals surface area contributed by atoms with Crippen molar-refractivity contribution in [3.05, 3.63) is 6.92 Å². The van der Waals surface area contributed by atoms with Gasteiger partial charge >= 0.3 is 0 Å². The Kier molecular flexibility index (Phi) is 7.08. The van der Waals surface area contributed by atoms with Crippen molar-refractivity contribution in [1.29, 1.82) is 0 Å². The van der Waals surface area contributed by atoms with E-state index in [1.807, 2.05) is 0 Å². The molecule has 3 atom stereocenters. The van der Waals surface area contributed by atoms with Gasteiger partial charge in [0.25, 0.3) is 0 Å². The van der Waals surface area contributed by atoms with Crippen LogP contribution in [0.4, 0.5) is 0 Å². The van der Waals surface area contributed by atoms with E-state index >= 15 is 0 Å². The zero-order valence-corrected chi connectivity index (χ0v) is 6.79. The Morgan fingerprint density at radius 1 is 1.22 bits per heavy atom. The van der Waals surface area contributed by atoms with Crippen LogP contribution in [0.3, 0.4) is 0 Å². The van der Waals surface area contributed by atoms with Gasteiger partial charge in [-0.15, -0.1) is 0 Å². The Morgan fingerprint density at radius 3 is 1.56 bits per heavy atom. The summed E-state index contributed by atoms with van der Waals surface area (Å²) in [5.74, 6) is -0.130. The number of aliphatic hydroxyl groups is 2. The van der Waals surface area contributed by atoms with E-state index in [4.69, 9.17) is 10.2 Å². The van der Waals surface area contributed by atoms with Crippen LogP contribution in [0, 0.1) is 12.8 Å². The summed E-state index contributed by atoms with van der Waals surface area (Å²) >= 11 is 0. The van der Waals surface area contributed by atoms with Crippen molar-refractivity contribution in [3.8, 4) is 0 Å². The average molecular weight is 173 g/mol. The first-order chi connectivity index (χ1) is 3.55. The molecule has 0 heterocycles. The summed E-state index contributed by atoms with van der Waals surface area (Å²) in [5.41, 5.74) is 0. The molecule has 3 unspecified atom stereocenters. The van der Waals surface area contributed by atoms with Gasteiger partial charge in [0.05, 0.1) is 6.10 Å². The van der Waals surface area contributed by atoms with E-state index in [0.29, 0.717) is 0 Å². The van der Waals surface area contributed by atoms with Crippen molar-refractivity contribution in [2.75, 3.05) is 0 Å². The third kappa shape index (κ3) is 4.91. The molecule has 0 rings (SSSR count). The van der Waals surface area contributed by atoms with Crippen LogP contribution in [0.25, 0.3) is 0 Å². The topological polar surface area (TPSA) is 40.5 Å². The average Bonchev–Trinajstić information content (AvgIpc) is 1.64. The fraction of sp³-hybridized carbons (Fsp3) is 0.833. The molecular weight excluding hydrogens is 160 g/mol. The van der Waals surface area contributed by atoms with Crippen LogP contribution in [0.15, 0.2) is 0 Å². The Labute approximate surface area is 66.7 Å². The molecule has 9 heavy (non-hydrogen) atoms. The predicted octanol–water partition coefficient (Wildman–Crippen LogP) is 0.196. The van der Waals surface area contributed by atoms with Crippen molar-refractivity contribution in [1.82, 2.24) is 0 Å². The van der Waals surface area contributed by atoms with Gasteiger partial charge in [0.2, 0.25) is 0 Å². The summed E-state index contributed by atoms with van der Waals surface area (Å²) in [5, 5.41) is 17.5. The maximum absolute atomic E-state index is 8.79. The molecule has 0 radical (unpaired) electrons. The smallest absolute Gasteiger partial charge is 0.0536 e. The molecule has 3 heteroatoms. The standard InChI is InChI=1S/C6H13O2.Fe/c1-4(5(2)7)6(3)8;/h4-8H,2H2,1,3H3;/q-1;. The summed E-state index contributed by atoms with van der Waals surface area (Å²) in [6, 6.07) is 0. The molecule has 0 bridgehead atoms. The van der Waals surface area contributed by atoms with Crippen molar-refractivity contribution in [2.24, 2.45) is 5.92 Å². The maximum atomic E-state index is 8.79. The molecule has 0 saturated carbocycles. The van der Waals surface area contributed by atoms with Crippen LogP contribution in [0.2, 0.25) is 0 Å². The van der Waals surface area contributed by atoms with Crippen LogP contribution in [-0.4, -0.2) is 22.4 Å². The van der Waals surface area contributed by atoms with E-state index < -0.39 is 12.2 Å². The van der Waals surface area contributed by atoms with E-state index in [0.717, 1.165) is 0 Å². The monoisotopic (exact) mass is 173 g/mol. The van der Waals surface area contributed by atoms with Crippen molar-refractivity contribution < 1.29 is 27.3 Å². The Morgan fingerprint density at radius 2 is 1.56 bits per heavy atom. The largest absolute Gasteiger partial charge is 0.425 e. The molecule has 0 amide bonds. The predicted molar refractivity (Wildman–Crippen MR) is 32.2 cm³/mol. The minimum Gasteiger partial charge on any atom is -0.425 e. The van der Waals surface area contributed by atoms with E-state index in [9.17, 15) is 0 Å². The minimum atomic E-state index is -0.657. The van der Waals surface area contributed by atoms with Gasteiger partial charge in [-0.1, -0.05) is 13.0 Å². The SMILES string of the molecule is [CH2-]C(O)C(C)C(C)O.[Fe]. The number of aliphatic hydroxyl groups excluding tert-OH is 2. The summed E-state index contributed by atoms with van der Waals surface area (Å²) in [6.45, 7) is 6.75. The van der Waals surface area contributed by atoms with Gasteiger partial charge < -0.3 is 17.1 Å². The Bertz CT molecular complexity index is 56.1. The van der Waals surface area contributed by atoms with Gasteiger partial charge in [-0.25, -0.2) is 0 Å². The molecule has 2 nitrogen and oxygen atoms in total. The fourth-order valence-electron chi connectivity index (χ4n) is 0.321. The Hall–Kier alpha value is 0.439. The zero-order valence-electron chi connectivity index (χ0n) is 5.69. The number of hydrogen-bond donors (Lipinski definition) is 2. The summed E-state index contributed by atoms with van der Waals surface area (Å²) in [6.07, 6.45) is -1.13. The fourth-order valence-corrected chi connectivity index (χ4v) is 0.321. The zero-order chi connectivity index (χ0) is 6.73. The third-order valence-electron chi connectivity index (χ3n) is 1.37.